The van der Waals surface area contributed by atoms with Crippen molar-refractivity contribution in [1.29, 1.82) is 5.26 Å². The Bertz CT molecular complexity index is 463. The fourth-order valence-corrected chi connectivity index (χ4v) is 1.07. The highest BCUT2D eigenvalue weighted by atomic mass is 16.4. The van der Waals surface area contributed by atoms with Crippen LogP contribution in [0.4, 0.5) is 0 Å². The minimum atomic E-state index is -1.11. The van der Waals surface area contributed by atoms with Gasteiger partial charge in [-0.2, -0.15) is 5.26 Å². The lowest BCUT2D eigenvalue weighted by molar-refractivity contribution is -0.138. The van der Waals surface area contributed by atoms with Crippen molar-refractivity contribution in [3.8, 4) is 6.07 Å². The minimum absolute atomic E-state index is 0.271. The molecule has 1 atom stereocenters. The van der Waals surface area contributed by atoms with Crippen LogP contribution in [0.5, 0.6) is 0 Å². The molecule has 0 aliphatic rings. The van der Waals surface area contributed by atoms with Crippen LogP contribution in [0.15, 0.2) is 24.3 Å². The van der Waals surface area contributed by atoms with Gasteiger partial charge in [-0.3, -0.25) is 9.59 Å². The monoisotopic (exact) mass is 218 g/mol. The molecule has 16 heavy (non-hydrogen) atoms. The van der Waals surface area contributed by atoms with Crippen molar-refractivity contribution in [2.45, 2.75) is 13.0 Å². The zero-order valence-corrected chi connectivity index (χ0v) is 8.60. The van der Waals surface area contributed by atoms with Crippen LogP contribution in [0.25, 0.3) is 0 Å². The molecule has 82 valence electrons. The molecule has 5 heteroatoms. The molecular formula is C11H10N2O3. The lowest BCUT2D eigenvalue weighted by Crippen LogP contribution is -2.38. The number of carboxylic acids is 1. The largest absolute Gasteiger partial charge is 0.480 e. The van der Waals surface area contributed by atoms with Crippen LogP contribution in [-0.4, -0.2) is 23.0 Å². The van der Waals surface area contributed by atoms with Gasteiger partial charge in [0.25, 0.3) is 5.91 Å². The van der Waals surface area contributed by atoms with Gasteiger partial charge in [-0.05, 0) is 25.1 Å². The molecule has 0 aliphatic carbocycles. The van der Waals surface area contributed by atoms with E-state index in [4.69, 9.17) is 10.4 Å². The Kier molecular flexibility index (Phi) is 3.62. The molecular weight excluding hydrogens is 208 g/mol. The summed E-state index contributed by atoms with van der Waals surface area (Å²) in [5.41, 5.74) is 0.628. The first kappa shape index (κ1) is 11.7. The molecule has 1 rings (SSSR count). The van der Waals surface area contributed by atoms with Gasteiger partial charge in [-0.25, -0.2) is 0 Å². The maximum absolute atomic E-state index is 11.5. The van der Waals surface area contributed by atoms with Crippen molar-refractivity contribution in [3.05, 3.63) is 35.4 Å². The standard InChI is InChI=1S/C11H10N2O3/c1-7(11(15)16)13-10(14)9-4-2-3-8(5-9)6-12/h2-5,7H,1H3,(H,13,14)(H,15,16). The summed E-state index contributed by atoms with van der Waals surface area (Å²) >= 11 is 0. The average Bonchev–Trinajstić information content (AvgIpc) is 2.28. The second kappa shape index (κ2) is 4.94. The molecule has 1 unspecified atom stereocenters. The number of hydrogen-bond donors (Lipinski definition) is 2. The number of nitrogens with one attached hydrogen (secondary N) is 1. The Morgan fingerprint density at radius 3 is 2.75 bits per heavy atom. The summed E-state index contributed by atoms with van der Waals surface area (Å²) in [4.78, 5) is 22.1. The Hall–Kier alpha value is -2.35. The number of nitrogens with zero attached hydrogens (tertiary/aromatic N) is 1. The van der Waals surface area contributed by atoms with E-state index in [-0.39, 0.29) is 5.56 Å². The van der Waals surface area contributed by atoms with E-state index in [0.717, 1.165) is 0 Å². The molecule has 0 bridgehead atoms. The van der Waals surface area contributed by atoms with Crippen LogP contribution in [0.3, 0.4) is 0 Å². The smallest absolute Gasteiger partial charge is 0.325 e. The first-order chi connectivity index (χ1) is 7.54. The Balaban J connectivity index is 2.81. The van der Waals surface area contributed by atoms with E-state index in [1.165, 1.54) is 19.1 Å². The molecule has 2 N–H and O–H groups in total. The fraction of sp³-hybridized carbons (Fsp3) is 0.182. The first-order valence-corrected chi connectivity index (χ1v) is 4.58. The van der Waals surface area contributed by atoms with Gasteiger partial charge in [0.15, 0.2) is 0 Å². The molecule has 0 aliphatic heterocycles. The lowest BCUT2D eigenvalue weighted by Gasteiger charge is -2.08. The Morgan fingerprint density at radius 1 is 1.50 bits per heavy atom. The maximum Gasteiger partial charge on any atom is 0.325 e. The van der Waals surface area contributed by atoms with Crippen molar-refractivity contribution in [2.75, 3.05) is 0 Å². The highest BCUT2D eigenvalue weighted by molar-refractivity contribution is 5.96. The number of carboxylic acid groups (broad SMARTS) is 1. The third-order valence-corrected chi connectivity index (χ3v) is 1.97. The van der Waals surface area contributed by atoms with Crippen molar-refractivity contribution in [2.24, 2.45) is 0 Å². The van der Waals surface area contributed by atoms with Crippen molar-refractivity contribution < 1.29 is 14.7 Å². The van der Waals surface area contributed by atoms with Crippen molar-refractivity contribution >= 4 is 11.9 Å². The average molecular weight is 218 g/mol. The van der Waals surface area contributed by atoms with Gasteiger partial charge >= 0.3 is 5.97 Å². The summed E-state index contributed by atoms with van der Waals surface area (Å²) in [6.45, 7) is 1.37. The molecule has 0 aromatic heterocycles. The number of carbonyl (C=O) groups excluding carboxylic acids is 1. The lowest BCUT2D eigenvalue weighted by atomic mass is 10.1. The number of amides is 1. The Labute approximate surface area is 92.3 Å². The molecule has 0 spiro atoms. The molecule has 5 nitrogen and oxygen atoms in total. The molecule has 1 aromatic carbocycles. The van der Waals surface area contributed by atoms with Gasteiger partial charge in [-0.15, -0.1) is 0 Å². The number of hydrogen-bond acceptors (Lipinski definition) is 3. The summed E-state index contributed by atoms with van der Waals surface area (Å²) in [7, 11) is 0. The van der Waals surface area contributed by atoms with E-state index in [1.54, 1.807) is 12.1 Å². The highest BCUT2D eigenvalue weighted by Crippen LogP contribution is 2.04. The van der Waals surface area contributed by atoms with E-state index in [0.29, 0.717) is 5.56 Å². The third kappa shape index (κ3) is 2.82. The number of nitriles is 1. The van der Waals surface area contributed by atoms with Crippen LogP contribution >= 0.6 is 0 Å². The third-order valence-electron chi connectivity index (χ3n) is 1.97. The van der Waals surface area contributed by atoms with Crippen LogP contribution < -0.4 is 5.32 Å². The SMILES string of the molecule is CC(NC(=O)c1cccc(C#N)c1)C(=O)O. The summed E-state index contributed by atoms with van der Waals surface area (Å²) in [5, 5.41) is 19.5. The zero-order chi connectivity index (χ0) is 12.1. The molecule has 0 saturated carbocycles. The van der Waals surface area contributed by atoms with Crippen molar-refractivity contribution in [3.63, 3.8) is 0 Å². The van der Waals surface area contributed by atoms with Gasteiger partial charge in [0.1, 0.15) is 6.04 Å². The number of benzene rings is 1. The summed E-state index contributed by atoms with van der Waals surface area (Å²) < 4.78 is 0. The maximum atomic E-state index is 11.5. The molecule has 0 saturated heterocycles. The number of aliphatic carboxylic acids is 1. The molecule has 0 radical (unpaired) electrons. The predicted octanol–water partition coefficient (Wildman–Crippen LogP) is 0.761. The van der Waals surface area contributed by atoms with E-state index >= 15 is 0 Å². The van der Waals surface area contributed by atoms with E-state index in [2.05, 4.69) is 5.32 Å². The Morgan fingerprint density at radius 2 is 2.19 bits per heavy atom. The molecule has 0 heterocycles. The van der Waals surface area contributed by atoms with Crippen molar-refractivity contribution in [1.82, 2.24) is 5.32 Å². The quantitative estimate of drug-likeness (QED) is 0.783. The zero-order valence-electron chi connectivity index (χ0n) is 8.60. The molecule has 1 amide bonds. The van der Waals surface area contributed by atoms with Gasteiger partial charge in [0, 0.05) is 5.56 Å². The van der Waals surface area contributed by atoms with Gasteiger partial charge < -0.3 is 10.4 Å². The summed E-state index contributed by atoms with van der Waals surface area (Å²) in [5.74, 6) is -1.61. The van der Waals surface area contributed by atoms with E-state index in [9.17, 15) is 9.59 Å². The molecule has 0 fully saturated rings. The van der Waals surface area contributed by atoms with E-state index in [1.807, 2.05) is 6.07 Å². The first-order valence-electron chi connectivity index (χ1n) is 4.58. The van der Waals surface area contributed by atoms with Gasteiger partial charge in [0.05, 0.1) is 11.6 Å². The van der Waals surface area contributed by atoms with Gasteiger partial charge in [0.2, 0.25) is 0 Å². The molecule has 1 aromatic rings. The predicted molar refractivity (Wildman–Crippen MR) is 55.7 cm³/mol. The number of carbonyl (C=O) groups is 2. The normalized spacial score (nSPS) is 11.2. The topological polar surface area (TPSA) is 90.2 Å². The number of rotatable bonds is 3. The van der Waals surface area contributed by atoms with Crippen LogP contribution in [0.1, 0.15) is 22.8 Å². The summed E-state index contributed by atoms with van der Waals surface area (Å²) in [6, 6.07) is 7.00. The summed E-state index contributed by atoms with van der Waals surface area (Å²) in [6.07, 6.45) is 0. The fourth-order valence-electron chi connectivity index (χ4n) is 1.07. The highest BCUT2D eigenvalue weighted by Gasteiger charge is 2.15. The second-order valence-electron chi connectivity index (χ2n) is 3.23. The van der Waals surface area contributed by atoms with Crippen LogP contribution in [-0.2, 0) is 4.79 Å². The van der Waals surface area contributed by atoms with E-state index < -0.39 is 17.9 Å². The van der Waals surface area contributed by atoms with Crippen LogP contribution in [0, 0.1) is 11.3 Å². The second-order valence-corrected chi connectivity index (χ2v) is 3.23. The van der Waals surface area contributed by atoms with Gasteiger partial charge in [-0.1, -0.05) is 6.07 Å². The van der Waals surface area contributed by atoms with Crippen LogP contribution in [0.2, 0.25) is 0 Å². The minimum Gasteiger partial charge on any atom is -0.480 e.